The van der Waals surface area contributed by atoms with E-state index < -0.39 is 69.7 Å². The molecular formula is C35H54O8. The van der Waals surface area contributed by atoms with Gasteiger partial charge in [0, 0.05) is 41.9 Å². The summed E-state index contributed by atoms with van der Waals surface area (Å²) in [6.45, 7) is 12.8. The number of unbranched alkanes of at least 4 members (excludes halogenated alkanes) is 6. The Morgan fingerprint density at radius 2 is 1.67 bits per heavy atom. The molecule has 4 rings (SSSR count). The van der Waals surface area contributed by atoms with Crippen LogP contribution >= 0.6 is 0 Å². The van der Waals surface area contributed by atoms with Gasteiger partial charge < -0.3 is 24.8 Å². The van der Waals surface area contributed by atoms with Gasteiger partial charge in [-0.25, -0.2) is 0 Å². The second kappa shape index (κ2) is 12.4. The van der Waals surface area contributed by atoms with Crippen molar-refractivity contribution in [3.8, 4) is 0 Å². The summed E-state index contributed by atoms with van der Waals surface area (Å²) in [5.41, 5.74) is -4.75. The lowest BCUT2D eigenvalue weighted by atomic mass is 9.59. The minimum absolute atomic E-state index is 0.109. The summed E-state index contributed by atoms with van der Waals surface area (Å²) >= 11 is 0. The van der Waals surface area contributed by atoms with Crippen molar-refractivity contribution in [2.75, 3.05) is 6.61 Å². The minimum atomic E-state index is -1.94. The third-order valence-electron chi connectivity index (χ3n) is 11.5. The van der Waals surface area contributed by atoms with Gasteiger partial charge in [-0.05, 0) is 30.9 Å². The van der Waals surface area contributed by atoms with Crippen molar-refractivity contribution in [3.05, 3.63) is 23.3 Å². The van der Waals surface area contributed by atoms with Crippen molar-refractivity contribution in [3.63, 3.8) is 0 Å². The summed E-state index contributed by atoms with van der Waals surface area (Å²) in [5.74, 6) is -4.60. The van der Waals surface area contributed by atoms with Crippen molar-refractivity contribution in [2.24, 2.45) is 35.0 Å². The van der Waals surface area contributed by atoms with E-state index in [0.29, 0.717) is 24.0 Å². The Morgan fingerprint density at radius 3 is 2.28 bits per heavy atom. The van der Waals surface area contributed by atoms with Crippen molar-refractivity contribution in [1.82, 2.24) is 0 Å². The first-order valence-corrected chi connectivity index (χ1v) is 16.6. The summed E-state index contributed by atoms with van der Waals surface area (Å²) in [5, 5.41) is 35.0. The molecule has 3 N–H and O–H groups in total. The Kier molecular flexibility index (Phi) is 9.76. The van der Waals surface area contributed by atoms with Crippen LogP contribution in [0.5, 0.6) is 0 Å². The van der Waals surface area contributed by atoms with E-state index in [-0.39, 0.29) is 25.4 Å². The molecule has 8 heteroatoms. The lowest BCUT2D eigenvalue weighted by Crippen LogP contribution is -2.66. The van der Waals surface area contributed by atoms with Crippen molar-refractivity contribution in [1.29, 1.82) is 0 Å². The van der Waals surface area contributed by atoms with Gasteiger partial charge in [0.05, 0.1) is 18.1 Å². The van der Waals surface area contributed by atoms with E-state index in [1.54, 1.807) is 32.9 Å². The Labute approximate surface area is 257 Å². The van der Waals surface area contributed by atoms with Crippen LogP contribution in [0.2, 0.25) is 0 Å². The molecule has 43 heavy (non-hydrogen) atoms. The van der Waals surface area contributed by atoms with E-state index >= 15 is 0 Å². The van der Waals surface area contributed by atoms with Crippen LogP contribution in [0, 0.1) is 35.0 Å². The van der Waals surface area contributed by atoms with Gasteiger partial charge in [0.25, 0.3) is 0 Å². The molecular weight excluding hydrogens is 548 g/mol. The number of rotatable bonds is 13. The molecule has 0 bridgehead atoms. The maximum absolute atomic E-state index is 13.5. The average molecular weight is 603 g/mol. The van der Waals surface area contributed by atoms with E-state index in [9.17, 15) is 29.7 Å². The average Bonchev–Trinajstić information content (AvgIpc) is 3.39. The van der Waals surface area contributed by atoms with Gasteiger partial charge in [0.15, 0.2) is 11.4 Å². The van der Waals surface area contributed by atoms with Crippen LogP contribution in [0.1, 0.15) is 113 Å². The van der Waals surface area contributed by atoms with Gasteiger partial charge >= 0.3 is 11.9 Å². The zero-order valence-corrected chi connectivity index (χ0v) is 27.3. The second-order valence-corrected chi connectivity index (χ2v) is 14.4. The Bertz CT molecular complexity index is 1150. The number of aliphatic hydroxyl groups excluding tert-OH is 1. The third kappa shape index (κ3) is 5.33. The Hall–Kier alpha value is -2.03. The first kappa shape index (κ1) is 33.9. The van der Waals surface area contributed by atoms with E-state index in [4.69, 9.17) is 9.47 Å². The highest BCUT2D eigenvalue weighted by molar-refractivity contribution is 6.04. The van der Waals surface area contributed by atoms with Gasteiger partial charge in [-0.15, -0.1) is 0 Å². The number of carbonyl (C=O) groups excluding carboxylic acids is 3. The van der Waals surface area contributed by atoms with Gasteiger partial charge in [-0.3, -0.25) is 14.4 Å². The molecule has 0 aliphatic heterocycles. The SMILES string of the molecule is CCCCCCCCCC(=O)O[C@@]12C(OC(=O)C(C)CC)[C@@H](C)[C@@]3(O)[C@@H](C=C(CO)C[C@]4(O)C(=O)C(C)=C[C@@H]34)[C@@H]1C2(C)C. The van der Waals surface area contributed by atoms with Crippen LogP contribution in [-0.4, -0.2) is 62.6 Å². The Balaban J connectivity index is 1.72. The number of carbonyl (C=O) groups is 3. The fourth-order valence-corrected chi connectivity index (χ4v) is 8.70. The van der Waals surface area contributed by atoms with Gasteiger partial charge in [0.1, 0.15) is 11.7 Å². The molecule has 0 amide bonds. The largest absolute Gasteiger partial charge is 0.457 e. The predicted molar refractivity (Wildman–Crippen MR) is 163 cm³/mol. The fourth-order valence-electron chi connectivity index (χ4n) is 8.70. The number of Topliss-reactive ketones (excluding diaryl/α,β-unsaturated/α-hetero) is 1. The number of ether oxygens (including phenoxy) is 2. The fraction of sp³-hybridized carbons (Fsp3) is 0.800. The van der Waals surface area contributed by atoms with Crippen LogP contribution < -0.4 is 0 Å². The van der Waals surface area contributed by atoms with Crippen LogP contribution in [0.3, 0.4) is 0 Å². The maximum Gasteiger partial charge on any atom is 0.309 e. The molecule has 8 nitrogen and oxygen atoms in total. The monoisotopic (exact) mass is 602 g/mol. The molecule has 4 aliphatic carbocycles. The predicted octanol–water partition coefficient (Wildman–Crippen LogP) is 5.22. The topological polar surface area (TPSA) is 130 Å². The van der Waals surface area contributed by atoms with E-state index in [0.717, 1.165) is 19.3 Å². The second-order valence-electron chi connectivity index (χ2n) is 14.4. The van der Waals surface area contributed by atoms with Crippen molar-refractivity contribution >= 4 is 17.7 Å². The first-order valence-electron chi connectivity index (χ1n) is 16.6. The summed E-state index contributed by atoms with van der Waals surface area (Å²) < 4.78 is 12.7. The minimum Gasteiger partial charge on any atom is -0.457 e. The third-order valence-corrected chi connectivity index (χ3v) is 11.5. The standard InChI is InChI=1S/C35H54O8/c1-8-10-11-12-13-14-15-16-27(37)43-35-28(32(35,6)7)25-18-24(20-36)19-33(40)26(17-22(4)29(33)38)34(25,41)23(5)30(35)42-31(39)21(3)9-2/h17-18,21,23,25-26,28,30,36,40-41H,8-16,19-20H2,1-7H3/t21?,23-,25+,26-,28-,30?,33-,34-,35-/m1/s1. The molecule has 0 radical (unpaired) electrons. The first-order chi connectivity index (χ1) is 20.2. The number of hydrogen-bond acceptors (Lipinski definition) is 8. The number of fused-ring (bicyclic) bond motifs is 5. The number of esters is 2. The van der Waals surface area contributed by atoms with Crippen molar-refractivity contribution in [2.45, 2.75) is 136 Å². The molecule has 4 aliphatic rings. The number of hydrogen-bond donors (Lipinski definition) is 3. The summed E-state index contributed by atoms with van der Waals surface area (Å²) in [4.78, 5) is 40.1. The van der Waals surface area contributed by atoms with Gasteiger partial charge in [-0.2, -0.15) is 0 Å². The smallest absolute Gasteiger partial charge is 0.309 e. The molecule has 2 unspecified atom stereocenters. The molecule has 0 aromatic heterocycles. The van der Waals surface area contributed by atoms with E-state index in [1.165, 1.54) is 19.3 Å². The van der Waals surface area contributed by atoms with Gasteiger partial charge in [-0.1, -0.05) is 92.2 Å². The summed E-state index contributed by atoms with van der Waals surface area (Å²) in [6, 6.07) is 0. The van der Waals surface area contributed by atoms with E-state index in [1.807, 2.05) is 20.8 Å². The lowest BCUT2D eigenvalue weighted by molar-refractivity contribution is -0.230. The molecule has 9 atom stereocenters. The highest BCUT2D eigenvalue weighted by Crippen LogP contribution is 2.77. The number of aliphatic hydroxyl groups is 3. The van der Waals surface area contributed by atoms with Crippen LogP contribution in [0.25, 0.3) is 0 Å². The van der Waals surface area contributed by atoms with Gasteiger partial charge in [0.2, 0.25) is 0 Å². The molecule has 2 saturated carbocycles. The summed E-state index contributed by atoms with van der Waals surface area (Å²) in [6.07, 6.45) is 10.6. The van der Waals surface area contributed by atoms with Crippen molar-refractivity contribution < 1.29 is 39.2 Å². The van der Waals surface area contributed by atoms with Crippen LogP contribution in [-0.2, 0) is 23.9 Å². The summed E-state index contributed by atoms with van der Waals surface area (Å²) in [7, 11) is 0. The molecule has 0 saturated heterocycles. The Morgan fingerprint density at radius 1 is 1.05 bits per heavy atom. The van der Waals surface area contributed by atoms with E-state index in [2.05, 4.69) is 6.92 Å². The number of ketones is 1. The molecule has 0 heterocycles. The maximum atomic E-state index is 13.5. The highest BCUT2D eigenvalue weighted by atomic mass is 16.6. The molecule has 0 spiro atoms. The molecule has 2 fully saturated rings. The molecule has 0 aromatic rings. The zero-order chi connectivity index (χ0) is 32.0. The molecule has 0 aromatic carbocycles. The van der Waals surface area contributed by atoms with Crippen LogP contribution in [0.4, 0.5) is 0 Å². The quantitative estimate of drug-likeness (QED) is 0.149. The van der Waals surface area contributed by atoms with Crippen LogP contribution in [0.15, 0.2) is 23.3 Å². The molecule has 242 valence electrons. The lowest BCUT2D eigenvalue weighted by Gasteiger charge is -2.53. The highest BCUT2D eigenvalue weighted by Gasteiger charge is 2.88. The normalized spacial score (nSPS) is 38.1. The zero-order valence-electron chi connectivity index (χ0n) is 27.3.